The molecule has 0 bridgehead atoms. The van der Waals surface area contributed by atoms with Gasteiger partial charge in [-0.3, -0.25) is 0 Å². The van der Waals surface area contributed by atoms with Crippen LogP contribution < -0.4 is 5.32 Å². The Morgan fingerprint density at radius 2 is 2.50 bits per heavy atom. The first-order valence-corrected chi connectivity index (χ1v) is 3.09. The molecular formula is C7H9FN2. The molecule has 54 valence electrons. The minimum absolute atomic E-state index is 0.293. The van der Waals surface area contributed by atoms with Crippen LogP contribution in [0.25, 0.3) is 0 Å². The molecule has 0 atom stereocenters. The van der Waals surface area contributed by atoms with Gasteiger partial charge < -0.3 is 5.32 Å². The highest BCUT2D eigenvalue weighted by Crippen LogP contribution is 2.02. The molecule has 0 aromatic carbocycles. The van der Waals surface area contributed by atoms with Gasteiger partial charge in [0, 0.05) is 13.5 Å². The first-order chi connectivity index (χ1) is 4.83. The second-order valence-corrected chi connectivity index (χ2v) is 1.95. The standard InChI is InChI=1S/C7H9FN2/c1-9-6-3-2-4-7(8)10-5-6/h2-3,5,9H,4H2,1H3. The summed E-state index contributed by atoms with van der Waals surface area (Å²) in [6.07, 6.45) is 5.30. The summed E-state index contributed by atoms with van der Waals surface area (Å²) in [5, 5.41) is 2.86. The molecule has 0 saturated heterocycles. The van der Waals surface area contributed by atoms with Crippen LogP contribution in [0.2, 0.25) is 0 Å². The van der Waals surface area contributed by atoms with E-state index in [0.717, 1.165) is 5.70 Å². The summed E-state index contributed by atoms with van der Waals surface area (Å²) in [6.45, 7) is 0. The Kier molecular flexibility index (Phi) is 2.20. The van der Waals surface area contributed by atoms with Gasteiger partial charge >= 0.3 is 0 Å². The zero-order valence-corrected chi connectivity index (χ0v) is 5.76. The van der Waals surface area contributed by atoms with Crippen LogP contribution in [0.3, 0.4) is 0 Å². The maximum Gasteiger partial charge on any atom is 0.192 e. The van der Waals surface area contributed by atoms with Crippen LogP contribution >= 0.6 is 0 Å². The Morgan fingerprint density at radius 1 is 1.70 bits per heavy atom. The molecule has 0 aliphatic carbocycles. The molecule has 0 spiro atoms. The molecule has 1 aliphatic heterocycles. The maximum absolute atomic E-state index is 12.4. The Bertz CT molecular complexity index is 204. The van der Waals surface area contributed by atoms with Crippen LogP contribution in [0.5, 0.6) is 0 Å². The van der Waals surface area contributed by atoms with Crippen molar-refractivity contribution >= 4 is 5.97 Å². The molecule has 1 N–H and O–H groups in total. The van der Waals surface area contributed by atoms with Crippen LogP contribution in [0.4, 0.5) is 4.39 Å². The lowest BCUT2D eigenvalue weighted by molar-refractivity contribution is 0.783. The molecule has 0 amide bonds. The smallest absolute Gasteiger partial charge is 0.192 e. The van der Waals surface area contributed by atoms with Crippen molar-refractivity contribution in [3.8, 4) is 0 Å². The van der Waals surface area contributed by atoms with Crippen LogP contribution in [-0.2, 0) is 0 Å². The van der Waals surface area contributed by atoms with Gasteiger partial charge in [-0.05, 0) is 6.08 Å². The molecule has 0 saturated carbocycles. The molecule has 0 aromatic rings. The molecule has 0 radical (unpaired) electrons. The lowest BCUT2D eigenvalue weighted by atomic mass is 10.3. The number of nitrogens with zero attached hydrogens (tertiary/aromatic N) is 1. The number of aliphatic imine (C=N–C) groups is 1. The first-order valence-electron chi connectivity index (χ1n) is 3.09. The van der Waals surface area contributed by atoms with Gasteiger partial charge in [0.25, 0.3) is 0 Å². The highest BCUT2D eigenvalue weighted by atomic mass is 19.1. The molecule has 3 heteroatoms. The minimum Gasteiger partial charge on any atom is -0.387 e. The summed E-state index contributed by atoms with van der Waals surface area (Å²) in [5.74, 6) is -0.346. The van der Waals surface area contributed by atoms with Gasteiger partial charge in [-0.25, -0.2) is 4.99 Å². The fourth-order valence-electron chi connectivity index (χ4n) is 0.666. The Morgan fingerprint density at radius 3 is 3.20 bits per heavy atom. The van der Waals surface area contributed by atoms with E-state index in [1.54, 1.807) is 19.2 Å². The van der Waals surface area contributed by atoms with Gasteiger partial charge in [-0.2, -0.15) is 4.39 Å². The van der Waals surface area contributed by atoms with Crippen molar-refractivity contribution in [3.05, 3.63) is 24.0 Å². The van der Waals surface area contributed by atoms with Crippen LogP contribution in [0, 0.1) is 0 Å². The molecule has 1 rings (SSSR count). The van der Waals surface area contributed by atoms with Gasteiger partial charge in [0.1, 0.15) is 0 Å². The molecule has 10 heavy (non-hydrogen) atoms. The third kappa shape index (κ3) is 1.69. The zero-order valence-electron chi connectivity index (χ0n) is 5.76. The minimum atomic E-state index is -0.346. The number of hydrogen-bond donors (Lipinski definition) is 1. The fraction of sp³-hybridized carbons (Fsp3) is 0.286. The number of allylic oxidation sites excluding steroid dienone is 2. The molecule has 1 aliphatic rings. The third-order valence-corrected chi connectivity index (χ3v) is 1.22. The second-order valence-electron chi connectivity index (χ2n) is 1.95. The van der Waals surface area contributed by atoms with Crippen molar-refractivity contribution in [1.82, 2.24) is 5.32 Å². The van der Waals surface area contributed by atoms with E-state index in [9.17, 15) is 4.39 Å². The summed E-state index contributed by atoms with van der Waals surface area (Å²) in [4.78, 5) is 3.54. The average molecular weight is 140 g/mol. The summed E-state index contributed by atoms with van der Waals surface area (Å²) in [6, 6.07) is 0. The fourth-order valence-corrected chi connectivity index (χ4v) is 0.666. The van der Waals surface area contributed by atoms with Gasteiger partial charge in [0.2, 0.25) is 0 Å². The molecular weight excluding hydrogens is 131 g/mol. The zero-order chi connectivity index (χ0) is 7.40. The van der Waals surface area contributed by atoms with Gasteiger partial charge in [-0.15, -0.1) is 0 Å². The van der Waals surface area contributed by atoms with E-state index in [1.165, 1.54) is 6.20 Å². The van der Waals surface area contributed by atoms with Crippen LogP contribution in [0.1, 0.15) is 6.42 Å². The molecule has 1 heterocycles. The van der Waals surface area contributed by atoms with E-state index in [2.05, 4.69) is 10.3 Å². The van der Waals surface area contributed by atoms with E-state index in [4.69, 9.17) is 0 Å². The molecule has 0 unspecified atom stereocenters. The first kappa shape index (κ1) is 6.99. The summed E-state index contributed by atoms with van der Waals surface area (Å²) in [5.41, 5.74) is 0.827. The van der Waals surface area contributed by atoms with Gasteiger partial charge in [0.15, 0.2) is 5.97 Å². The summed E-state index contributed by atoms with van der Waals surface area (Å²) in [7, 11) is 1.77. The van der Waals surface area contributed by atoms with Gasteiger partial charge in [-0.1, -0.05) is 6.08 Å². The van der Waals surface area contributed by atoms with E-state index in [1.807, 2.05) is 0 Å². The SMILES string of the molecule is CNC1=CN=C(F)CC=C1. The normalized spacial score (nSPS) is 17.4. The highest BCUT2D eigenvalue weighted by Gasteiger charge is 1.95. The molecule has 0 aromatic heterocycles. The highest BCUT2D eigenvalue weighted by molar-refractivity contribution is 5.77. The van der Waals surface area contributed by atoms with Crippen molar-refractivity contribution < 1.29 is 4.39 Å². The number of rotatable bonds is 1. The molecule has 2 nitrogen and oxygen atoms in total. The number of hydrogen-bond acceptors (Lipinski definition) is 2. The molecule has 0 fully saturated rings. The lowest BCUT2D eigenvalue weighted by Crippen LogP contribution is -2.01. The third-order valence-electron chi connectivity index (χ3n) is 1.22. The van der Waals surface area contributed by atoms with Crippen molar-refractivity contribution in [3.63, 3.8) is 0 Å². The van der Waals surface area contributed by atoms with E-state index >= 15 is 0 Å². The largest absolute Gasteiger partial charge is 0.387 e. The predicted octanol–water partition coefficient (Wildman–Crippen LogP) is 1.38. The Hall–Kier alpha value is -1.12. The summed E-state index contributed by atoms with van der Waals surface area (Å²) < 4.78 is 12.4. The van der Waals surface area contributed by atoms with Crippen molar-refractivity contribution in [2.75, 3.05) is 7.05 Å². The van der Waals surface area contributed by atoms with Crippen molar-refractivity contribution in [2.45, 2.75) is 6.42 Å². The second kappa shape index (κ2) is 3.15. The summed E-state index contributed by atoms with van der Waals surface area (Å²) >= 11 is 0. The van der Waals surface area contributed by atoms with Crippen LogP contribution in [-0.4, -0.2) is 13.0 Å². The van der Waals surface area contributed by atoms with Crippen LogP contribution in [0.15, 0.2) is 29.0 Å². The average Bonchev–Trinajstić information content (AvgIpc) is 2.14. The van der Waals surface area contributed by atoms with Crippen molar-refractivity contribution in [2.24, 2.45) is 4.99 Å². The van der Waals surface area contributed by atoms with E-state index in [-0.39, 0.29) is 5.97 Å². The number of nitrogens with one attached hydrogen (secondary N) is 1. The van der Waals surface area contributed by atoms with E-state index < -0.39 is 0 Å². The topological polar surface area (TPSA) is 24.4 Å². The van der Waals surface area contributed by atoms with E-state index in [0.29, 0.717) is 6.42 Å². The van der Waals surface area contributed by atoms with Gasteiger partial charge in [0.05, 0.1) is 11.9 Å². The maximum atomic E-state index is 12.4. The van der Waals surface area contributed by atoms with Crippen molar-refractivity contribution in [1.29, 1.82) is 0 Å². The number of likely N-dealkylation sites (N-methyl/N-ethyl adjacent to an activating group) is 1. The Labute approximate surface area is 59.2 Å². The Balaban J connectivity index is 2.75. The quantitative estimate of drug-likeness (QED) is 0.584. The predicted molar refractivity (Wildman–Crippen MR) is 39.4 cm³/mol. The lowest BCUT2D eigenvalue weighted by Gasteiger charge is -1.93. The number of halogens is 1. The monoisotopic (exact) mass is 140 g/mol.